The van der Waals surface area contributed by atoms with Gasteiger partial charge in [-0.1, -0.05) is 66.7 Å². The molecule has 2 heterocycles. The van der Waals surface area contributed by atoms with Gasteiger partial charge in [0.05, 0.1) is 5.69 Å². The van der Waals surface area contributed by atoms with E-state index in [4.69, 9.17) is 0 Å². The van der Waals surface area contributed by atoms with Gasteiger partial charge in [-0.2, -0.15) is 5.10 Å². The lowest BCUT2D eigenvalue weighted by Gasteiger charge is -2.14. The Hall–Kier alpha value is -5.11. The number of amides is 1. The van der Waals surface area contributed by atoms with Crippen LogP contribution >= 0.6 is 0 Å². The maximum Gasteiger partial charge on any atom is 0.277 e. The Balaban J connectivity index is 1.52. The molecule has 0 atom stereocenters. The molecular weight excluding hydrogens is 464 g/mol. The fourth-order valence-corrected chi connectivity index (χ4v) is 4.14. The molecule has 0 unspecified atom stereocenters. The number of benzene rings is 3. The van der Waals surface area contributed by atoms with Crippen LogP contribution in [0.15, 0.2) is 95.8 Å². The lowest BCUT2D eigenvalue weighted by molar-refractivity contribution is 0.102. The Morgan fingerprint density at radius 3 is 2.05 bits per heavy atom. The lowest BCUT2D eigenvalue weighted by atomic mass is 9.95. The summed E-state index contributed by atoms with van der Waals surface area (Å²) < 4.78 is 0. The standard InChI is InChI=1S/C29H24N6O2/c1-18-16-19(2)31-29(30-18)33-23-15-9-14-22(17-23)32-27(36)25-24(20-10-5-3-6-11-20)26(34-35-28(25)37)21-12-7-4-8-13-21/h3-17H,1-2H3,(H,32,36)(H,35,37)(H,30,31,33). The van der Waals surface area contributed by atoms with Gasteiger partial charge in [-0.25, -0.2) is 15.1 Å². The van der Waals surface area contributed by atoms with Crippen molar-refractivity contribution in [2.45, 2.75) is 13.8 Å². The molecule has 37 heavy (non-hydrogen) atoms. The molecule has 3 N–H and O–H groups in total. The van der Waals surface area contributed by atoms with Gasteiger partial charge >= 0.3 is 0 Å². The van der Waals surface area contributed by atoms with Crippen LogP contribution in [0.5, 0.6) is 0 Å². The number of H-pyrrole nitrogens is 1. The first-order valence-electron chi connectivity index (χ1n) is 11.7. The third-order valence-electron chi connectivity index (χ3n) is 5.68. The van der Waals surface area contributed by atoms with Gasteiger partial charge in [0.25, 0.3) is 11.5 Å². The van der Waals surface area contributed by atoms with Gasteiger partial charge < -0.3 is 10.6 Å². The molecule has 182 valence electrons. The van der Waals surface area contributed by atoms with E-state index in [1.807, 2.05) is 86.6 Å². The van der Waals surface area contributed by atoms with E-state index in [-0.39, 0.29) is 5.56 Å². The Morgan fingerprint density at radius 2 is 1.38 bits per heavy atom. The minimum atomic E-state index is -0.575. The molecule has 0 aliphatic heterocycles. The predicted molar refractivity (Wildman–Crippen MR) is 145 cm³/mol. The second-order valence-electron chi connectivity index (χ2n) is 8.52. The molecular formula is C29H24N6O2. The number of carbonyl (C=O) groups is 1. The smallest absolute Gasteiger partial charge is 0.277 e. The van der Waals surface area contributed by atoms with Crippen molar-refractivity contribution in [3.63, 3.8) is 0 Å². The van der Waals surface area contributed by atoms with E-state index in [1.54, 1.807) is 18.2 Å². The maximum atomic E-state index is 13.6. The number of hydrogen-bond donors (Lipinski definition) is 3. The molecule has 0 aliphatic rings. The van der Waals surface area contributed by atoms with Gasteiger partial charge in [0.15, 0.2) is 0 Å². The topological polar surface area (TPSA) is 113 Å². The fraction of sp³-hybridized carbons (Fsp3) is 0.0690. The van der Waals surface area contributed by atoms with Crippen molar-refractivity contribution in [3.05, 3.63) is 118 Å². The van der Waals surface area contributed by atoms with Gasteiger partial charge in [0.1, 0.15) is 5.56 Å². The number of aromatic amines is 1. The first kappa shape index (κ1) is 23.6. The van der Waals surface area contributed by atoms with Crippen molar-refractivity contribution in [3.8, 4) is 22.4 Å². The summed E-state index contributed by atoms with van der Waals surface area (Å²) in [6, 6.07) is 27.8. The van der Waals surface area contributed by atoms with Crippen LogP contribution in [0.3, 0.4) is 0 Å². The van der Waals surface area contributed by atoms with E-state index in [9.17, 15) is 9.59 Å². The van der Waals surface area contributed by atoms with Crippen LogP contribution < -0.4 is 16.2 Å². The van der Waals surface area contributed by atoms with Crippen LogP contribution in [0.1, 0.15) is 21.7 Å². The number of rotatable bonds is 6. The highest BCUT2D eigenvalue weighted by Gasteiger charge is 2.23. The monoisotopic (exact) mass is 488 g/mol. The van der Waals surface area contributed by atoms with Gasteiger partial charge in [-0.3, -0.25) is 9.59 Å². The highest BCUT2D eigenvalue weighted by Crippen LogP contribution is 2.32. The molecule has 0 bridgehead atoms. The Bertz CT molecular complexity index is 1610. The third-order valence-corrected chi connectivity index (χ3v) is 5.68. The summed E-state index contributed by atoms with van der Waals surface area (Å²) in [5, 5.41) is 12.8. The molecule has 3 aromatic carbocycles. The predicted octanol–water partition coefficient (Wildman–Crippen LogP) is 5.51. The van der Waals surface area contributed by atoms with E-state index in [2.05, 4.69) is 30.8 Å². The zero-order valence-electron chi connectivity index (χ0n) is 20.3. The van der Waals surface area contributed by atoms with Gasteiger partial charge in [0, 0.05) is 33.9 Å². The van der Waals surface area contributed by atoms with E-state index in [0.29, 0.717) is 34.1 Å². The Labute approximate surface area is 213 Å². The van der Waals surface area contributed by atoms with Crippen LogP contribution in [-0.2, 0) is 0 Å². The quantitative estimate of drug-likeness (QED) is 0.291. The Morgan fingerprint density at radius 1 is 0.757 bits per heavy atom. The number of aryl methyl sites for hydroxylation is 2. The van der Waals surface area contributed by atoms with Crippen molar-refractivity contribution in [1.29, 1.82) is 0 Å². The number of aromatic nitrogens is 4. The number of carbonyl (C=O) groups excluding carboxylic acids is 1. The molecule has 2 aromatic heterocycles. The summed E-state index contributed by atoms with van der Waals surface area (Å²) in [6.45, 7) is 3.80. The van der Waals surface area contributed by atoms with Crippen LogP contribution in [-0.4, -0.2) is 26.1 Å². The fourth-order valence-electron chi connectivity index (χ4n) is 4.14. The number of nitrogens with one attached hydrogen (secondary N) is 3. The Kier molecular flexibility index (Phi) is 6.54. The summed E-state index contributed by atoms with van der Waals surface area (Å²) in [4.78, 5) is 35.4. The van der Waals surface area contributed by atoms with Gasteiger partial charge in [-0.05, 0) is 43.7 Å². The van der Waals surface area contributed by atoms with Crippen LogP contribution in [0.25, 0.3) is 22.4 Å². The van der Waals surface area contributed by atoms with Crippen LogP contribution in [0.4, 0.5) is 17.3 Å². The summed E-state index contributed by atoms with van der Waals surface area (Å²) >= 11 is 0. The summed E-state index contributed by atoms with van der Waals surface area (Å²) in [6.07, 6.45) is 0. The van der Waals surface area contributed by atoms with Crippen molar-refractivity contribution >= 4 is 23.2 Å². The molecule has 0 aliphatic carbocycles. The third kappa shape index (κ3) is 5.28. The molecule has 5 aromatic rings. The minimum Gasteiger partial charge on any atom is -0.324 e. The molecule has 5 rings (SSSR count). The molecule has 0 saturated carbocycles. The first-order chi connectivity index (χ1) is 18.0. The van der Waals surface area contributed by atoms with Crippen molar-refractivity contribution < 1.29 is 4.79 Å². The van der Waals surface area contributed by atoms with E-state index < -0.39 is 11.5 Å². The van der Waals surface area contributed by atoms with Crippen molar-refractivity contribution in [2.24, 2.45) is 0 Å². The highest BCUT2D eigenvalue weighted by molar-refractivity contribution is 6.10. The zero-order chi connectivity index (χ0) is 25.8. The maximum absolute atomic E-state index is 13.6. The molecule has 0 spiro atoms. The zero-order valence-corrected chi connectivity index (χ0v) is 20.3. The number of hydrogen-bond acceptors (Lipinski definition) is 6. The second kappa shape index (κ2) is 10.2. The SMILES string of the molecule is Cc1cc(C)nc(Nc2cccc(NC(=O)c3c(-c4ccccc4)c(-c4ccccc4)n[nH]c3=O)c2)n1. The van der Waals surface area contributed by atoms with E-state index in [0.717, 1.165) is 17.0 Å². The summed E-state index contributed by atoms with van der Waals surface area (Å²) in [7, 11) is 0. The van der Waals surface area contributed by atoms with Gasteiger partial charge in [0.2, 0.25) is 5.95 Å². The molecule has 8 nitrogen and oxygen atoms in total. The molecule has 0 saturated heterocycles. The summed E-state index contributed by atoms with van der Waals surface area (Å²) in [5.41, 5.74) is 4.78. The van der Waals surface area contributed by atoms with Crippen LogP contribution in [0, 0.1) is 13.8 Å². The van der Waals surface area contributed by atoms with Crippen LogP contribution in [0.2, 0.25) is 0 Å². The lowest BCUT2D eigenvalue weighted by Crippen LogP contribution is -2.26. The average Bonchev–Trinajstić information content (AvgIpc) is 2.89. The van der Waals surface area contributed by atoms with E-state index in [1.165, 1.54) is 0 Å². The van der Waals surface area contributed by atoms with Crippen molar-refractivity contribution in [1.82, 2.24) is 20.2 Å². The first-order valence-corrected chi connectivity index (χ1v) is 11.7. The molecule has 1 amide bonds. The normalized spacial score (nSPS) is 10.6. The molecule has 0 radical (unpaired) electrons. The van der Waals surface area contributed by atoms with Crippen molar-refractivity contribution in [2.75, 3.05) is 10.6 Å². The highest BCUT2D eigenvalue weighted by atomic mass is 16.2. The summed E-state index contributed by atoms with van der Waals surface area (Å²) in [5.74, 6) is -0.0788. The van der Waals surface area contributed by atoms with E-state index >= 15 is 0 Å². The second-order valence-corrected chi connectivity index (χ2v) is 8.52. The van der Waals surface area contributed by atoms with Gasteiger partial charge in [-0.15, -0.1) is 0 Å². The number of nitrogens with zero attached hydrogens (tertiary/aromatic N) is 3. The largest absolute Gasteiger partial charge is 0.324 e. The number of anilines is 3. The average molecular weight is 489 g/mol. The molecule has 0 fully saturated rings. The molecule has 8 heteroatoms. The minimum absolute atomic E-state index is 0.0175.